The first-order valence-corrected chi connectivity index (χ1v) is 8.94. The summed E-state index contributed by atoms with van der Waals surface area (Å²) in [5, 5.41) is 3.35. The number of carbonyl (C=O) groups excluding carboxylic acids is 1. The van der Waals surface area contributed by atoms with Crippen molar-refractivity contribution in [3.63, 3.8) is 0 Å². The van der Waals surface area contributed by atoms with Gasteiger partial charge in [-0.05, 0) is 18.9 Å². The number of nitrogens with zero attached hydrogens (tertiary/aromatic N) is 3. The lowest BCUT2D eigenvalue weighted by Gasteiger charge is -2.24. The van der Waals surface area contributed by atoms with Gasteiger partial charge in [0.2, 0.25) is 5.91 Å². The van der Waals surface area contributed by atoms with Gasteiger partial charge in [0, 0.05) is 46.4 Å². The molecule has 0 bridgehead atoms. The molecule has 2 rings (SSSR count). The molecular weight excluding hydrogens is 332 g/mol. The Morgan fingerprint density at radius 1 is 1.35 bits per heavy atom. The molecule has 1 aliphatic heterocycles. The third-order valence-corrected chi connectivity index (χ3v) is 4.34. The smallest absolute Gasteiger partial charge is 0.243 e. The second-order valence-corrected chi connectivity index (χ2v) is 6.61. The molecule has 1 aromatic rings. The van der Waals surface area contributed by atoms with E-state index in [1.54, 1.807) is 26.1 Å². The van der Waals surface area contributed by atoms with Crippen LogP contribution in [0.25, 0.3) is 0 Å². The standard InChI is InChI=1S/C19H30N4O3/c1-22(2)18(24)13-21-19(20-12-16-9-7-11-26-16)23(3)14-15-8-5-6-10-17(15)25-4/h5-6,8,10,16H,7,9,11-14H2,1-4H3,(H,20,21). The summed E-state index contributed by atoms with van der Waals surface area (Å²) in [4.78, 5) is 20.0. The van der Waals surface area contributed by atoms with Gasteiger partial charge in [0.05, 0.1) is 13.2 Å². The summed E-state index contributed by atoms with van der Waals surface area (Å²) in [5.74, 6) is 1.48. The van der Waals surface area contributed by atoms with Gasteiger partial charge in [-0.15, -0.1) is 0 Å². The fourth-order valence-corrected chi connectivity index (χ4v) is 2.77. The van der Waals surface area contributed by atoms with Gasteiger partial charge in [-0.2, -0.15) is 0 Å². The van der Waals surface area contributed by atoms with Gasteiger partial charge in [-0.1, -0.05) is 18.2 Å². The number of rotatable bonds is 7. The molecule has 1 unspecified atom stereocenters. The van der Waals surface area contributed by atoms with Crippen LogP contribution in [-0.4, -0.2) is 75.7 Å². The first-order chi connectivity index (χ1) is 12.5. The van der Waals surface area contributed by atoms with Crippen LogP contribution in [0.1, 0.15) is 18.4 Å². The predicted molar refractivity (Wildman–Crippen MR) is 102 cm³/mol. The summed E-state index contributed by atoms with van der Waals surface area (Å²) < 4.78 is 11.1. The molecule has 0 radical (unpaired) electrons. The molecule has 0 aromatic heterocycles. The lowest BCUT2D eigenvalue weighted by molar-refractivity contribution is -0.127. The Morgan fingerprint density at radius 3 is 2.77 bits per heavy atom. The highest BCUT2D eigenvalue weighted by atomic mass is 16.5. The zero-order valence-electron chi connectivity index (χ0n) is 16.2. The number of amides is 1. The minimum atomic E-state index is -0.0351. The fourth-order valence-electron chi connectivity index (χ4n) is 2.77. The van der Waals surface area contributed by atoms with Crippen LogP contribution in [0, 0.1) is 0 Å². The van der Waals surface area contributed by atoms with Crippen molar-refractivity contribution in [2.24, 2.45) is 4.99 Å². The minimum absolute atomic E-state index is 0.0351. The van der Waals surface area contributed by atoms with Crippen LogP contribution < -0.4 is 10.1 Å². The Hall–Kier alpha value is -2.28. The first-order valence-electron chi connectivity index (χ1n) is 8.94. The highest BCUT2D eigenvalue weighted by molar-refractivity contribution is 5.84. The second-order valence-electron chi connectivity index (χ2n) is 6.61. The van der Waals surface area contributed by atoms with E-state index in [9.17, 15) is 4.79 Å². The summed E-state index contributed by atoms with van der Waals surface area (Å²) in [7, 11) is 7.08. The Morgan fingerprint density at radius 2 is 2.12 bits per heavy atom. The maximum atomic E-state index is 11.9. The number of hydrogen-bond acceptors (Lipinski definition) is 4. The second kappa shape index (κ2) is 10.0. The number of aliphatic imine (C=N–C) groups is 1. The minimum Gasteiger partial charge on any atom is -0.496 e. The van der Waals surface area contributed by atoms with E-state index in [0.29, 0.717) is 19.0 Å². The Labute approximate surface area is 156 Å². The number of para-hydroxylation sites is 1. The molecule has 1 N–H and O–H groups in total. The normalized spacial score (nSPS) is 17.1. The highest BCUT2D eigenvalue weighted by Gasteiger charge is 2.18. The van der Waals surface area contributed by atoms with Crippen LogP contribution in [0.2, 0.25) is 0 Å². The number of nitrogens with one attached hydrogen (secondary N) is 1. The monoisotopic (exact) mass is 362 g/mol. The van der Waals surface area contributed by atoms with Crippen molar-refractivity contribution >= 4 is 11.9 Å². The number of guanidine groups is 1. The molecule has 1 atom stereocenters. The molecule has 7 heteroatoms. The van der Waals surface area contributed by atoms with Crippen molar-refractivity contribution in [2.75, 3.05) is 47.9 Å². The maximum Gasteiger partial charge on any atom is 0.243 e. The molecular formula is C19H30N4O3. The van der Waals surface area contributed by atoms with Crippen LogP contribution in [0.15, 0.2) is 29.3 Å². The molecule has 144 valence electrons. The summed E-state index contributed by atoms with van der Waals surface area (Å²) in [6.45, 7) is 2.23. The van der Waals surface area contributed by atoms with E-state index in [4.69, 9.17) is 9.47 Å². The molecule has 1 amide bonds. The Bertz CT molecular complexity index is 613. The van der Waals surface area contributed by atoms with Crippen molar-refractivity contribution in [2.45, 2.75) is 25.5 Å². The molecule has 1 aliphatic rings. The highest BCUT2D eigenvalue weighted by Crippen LogP contribution is 2.19. The van der Waals surface area contributed by atoms with Crippen molar-refractivity contribution < 1.29 is 14.3 Å². The third-order valence-electron chi connectivity index (χ3n) is 4.34. The van der Waals surface area contributed by atoms with Gasteiger partial charge in [0.15, 0.2) is 5.96 Å². The molecule has 0 aliphatic carbocycles. The van der Waals surface area contributed by atoms with Crippen molar-refractivity contribution in [3.8, 4) is 5.75 Å². The van der Waals surface area contributed by atoms with Gasteiger partial charge in [-0.3, -0.25) is 4.79 Å². The van der Waals surface area contributed by atoms with Crippen LogP contribution in [0.3, 0.4) is 0 Å². The average Bonchev–Trinajstić information content (AvgIpc) is 3.15. The number of carbonyl (C=O) groups is 1. The average molecular weight is 362 g/mol. The van der Waals surface area contributed by atoms with E-state index >= 15 is 0 Å². The Kier molecular flexibility index (Phi) is 7.72. The van der Waals surface area contributed by atoms with Crippen molar-refractivity contribution in [3.05, 3.63) is 29.8 Å². The SMILES string of the molecule is COc1ccccc1CN(C)C(=NCC(=O)N(C)C)NCC1CCCO1. The van der Waals surface area contributed by atoms with E-state index in [-0.39, 0.29) is 18.6 Å². The summed E-state index contributed by atoms with van der Waals surface area (Å²) in [6, 6.07) is 7.90. The van der Waals surface area contributed by atoms with E-state index in [1.165, 1.54) is 0 Å². The zero-order valence-corrected chi connectivity index (χ0v) is 16.2. The fraction of sp³-hybridized carbons (Fsp3) is 0.579. The number of methoxy groups -OCH3 is 1. The van der Waals surface area contributed by atoms with Crippen LogP contribution in [-0.2, 0) is 16.1 Å². The lowest BCUT2D eigenvalue weighted by atomic mass is 10.2. The van der Waals surface area contributed by atoms with E-state index < -0.39 is 0 Å². The van der Waals surface area contributed by atoms with Gasteiger partial charge in [0.25, 0.3) is 0 Å². The van der Waals surface area contributed by atoms with E-state index in [0.717, 1.165) is 30.8 Å². The van der Waals surface area contributed by atoms with Gasteiger partial charge in [0.1, 0.15) is 12.3 Å². The zero-order chi connectivity index (χ0) is 18.9. The Balaban J connectivity index is 2.06. The van der Waals surface area contributed by atoms with Crippen LogP contribution in [0.5, 0.6) is 5.75 Å². The van der Waals surface area contributed by atoms with Crippen LogP contribution >= 0.6 is 0 Å². The molecule has 0 saturated carbocycles. The molecule has 26 heavy (non-hydrogen) atoms. The molecule has 1 fully saturated rings. The summed E-state index contributed by atoms with van der Waals surface area (Å²) in [6.07, 6.45) is 2.34. The first kappa shape index (κ1) is 20.0. The van der Waals surface area contributed by atoms with Crippen LogP contribution in [0.4, 0.5) is 0 Å². The predicted octanol–water partition coefficient (Wildman–Crippen LogP) is 1.34. The summed E-state index contributed by atoms with van der Waals surface area (Å²) in [5.41, 5.74) is 1.06. The number of likely N-dealkylation sites (N-methyl/N-ethyl adjacent to an activating group) is 1. The summed E-state index contributed by atoms with van der Waals surface area (Å²) >= 11 is 0. The largest absolute Gasteiger partial charge is 0.496 e. The lowest BCUT2D eigenvalue weighted by Crippen LogP contribution is -2.42. The van der Waals surface area contributed by atoms with Gasteiger partial charge in [-0.25, -0.2) is 4.99 Å². The van der Waals surface area contributed by atoms with E-state index in [2.05, 4.69) is 10.3 Å². The maximum absolute atomic E-state index is 11.9. The third kappa shape index (κ3) is 5.91. The molecule has 1 saturated heterocycles. The number of benzene rings is 1. The molecule has 7 nitrogen and oxygen atoms in total. The number of ether oxygens (including phenoxy) is 2. The van der Waals surface area contributed by atoms with Crippen molar-refractivity contribution in [1.29, 1.82) is 0 Å². The molecule has 1 heterocycles. The number of hydrogen-bond donors (Lipinski definition) is 1. The van der Waals surface area contributed by atoms with E-state index in [1.807, 2.05) is 36.2 Å². The molecule has 1 aromatic carbocycles. The molecule has 0 spiro atoms. The van der Waals surface area contributed by atoms with Gasteiger partial charge < -0.3 is 24.6 Å². The van der Waals surface area contributed by atoms with Gasteiger partial charge >= 0.3 is 0 Å². The quantitative estimate of drug-likeness (QED) is 0.586. The topological polar surface area (TPSA) is 66.4 Å². The van der Waals surface area contributed by atoms with Crippen molar-refractivity contribution in [1.82, 2.24) is 15.1 Å².